The van der Waals surface area contributed by atoms with Gasteiger partial charge in [0.25, 0.3) is 0 Å². The number of nitrogens with two attached hydrogens (primary N) is 1. The first-order valence-electron chi connectivity index (χ1n) is 3.78. The third-order valence-electron chi connectivity index (χ3n) is 1.69. The van der Waals surface area contributed by atoms with Gasteiger partial charge in [0.05, 0.1) is 23.7 Å². The highest BCUT2D eigenvalue weighted by Crippen LogP contribution is 2.26. The van der Waals surface area contributed by atoms with Gasteiger partial charge in [0.1, 0.15) is 5.75 Å². The summed E-state index contributed by atoms with van der Waals surface area (Å²) in [6, 6.07) is 4.42. The molecule has 1 aromatic rings. The molecular weight excluding hydrogens is 220 g/mol. The second-order valence-corrected chi connectivity index (χ2v) is 2.76. The normalized spacial score (nSPS) is 8.73. The Kier molecular flexibility index (Phi) is 4.42. The number of nitrogen functional groups attached to an aromatic ring is 1. The molecule has 1 rings (SSSR count). The fourth-order valence-corrected chi connectivity index (χ4v) is 1.08. The summed E-state index contributed by atoms with van der Waals surface area (Å²) in [5.41, 5.74) is 5.77. The Hall–Kier alpha value is -1.93. The highest BCUT2D eigenvalue weighted by atomic mass is 35.5. The van der Waals surface area contributed by atoms with Gasteiger partial charge in [-0.25, -0.2) is 0 Å². The molecule has 0 fully saturated rings. The third kappa shape index (κ3) is 3.04. The molecule has 0 bridgehead atoms. The first-order chi connectivity index (χ1) is 6.54. The van der Waals surface area contributed by atoms with Crippen LogP contribution in [0.3, 0.4) is 0 Å². The predicted octanol–water partition coefficient (Wildman–Crippen LogP) is 0.895. The zero-order valence-corrected chi connectivity index (χ0v) is 8.41. The predicted molar refractivity (Wildman–Crippen MR) is 55.8 cm³/mol. The molecule has 0 saturated carbocycles. The number of benzene rings is 1. The lowest BCUT2D eigenvalue weighted by atomic mass is 10.1. The summed E-state index contributed by atoms with van der Waals surface area (Å²) in [5, 5.41) is 26.5. The van der Waals surface area contributed by atoms with Crippen LogP contribution in [0.1, 0.15) is 11.1 Å². The van der Waals surface area contributed by atoms with Gasteiger partial charge >= 0.3 is 5.97 Å². The molecule has 0 aromatic heterocycles. The molecule has 0 spiro atoms. The van der Waals surface area contributed by atoms with Gasteiger partial charge in [0.15, 0.2) is 0 Å². The lowest BCUT2D eigenvalue weighted by molar-refractivity contribution is -0.136. The van der Waals surface area contributed by atoms with E-state index in [9.17, 15) is 9.90 Å². The number of rotatable bonds is 2. The number of phenols is 1. The fourth-order valence-electron chi connectivity index (χ4n) is 1.08. The van der Waals surface area contributed by atoms with E-state index in [1.165, 1.54) is 12.1 Å². The molecular formula is C9H9ClN2O3. The topological polar surface area (TPSA) is 107 Å². The lowest BCUT2D eigenvalue weighted by Gasteiger charge is -2.05. The number of nitrogens with zero attached hydrogens (tertiary/aromatic N) is 1. The molecule has 80 valence electrons. The Labute approximate surface area is 92.2 Å². The Balaban J connectivity index is 0.00000196. The number of nitriles is 1. The second-order valence-electron chi connectivity index (χ2n) is 2.76. The molecule has 0 atom stereocenters. The Morgan fingerprint density at radius 3 is 2.60 bits per heavy atom. The second kappa shape index (κ2) is 5.08. The van der Waals surface area contributed by atoms with E-state index in [0.717, 1.165) is 0 Å². The number of halogens is 1. The van der Waals surface area contributed by atoms with Crippen LogP contribution in [0.25, 0.3) is 0 Å². The molecule has 0 radical (unpaired) electrons. The van der Waals surface area contributed by atoms with E-state index >= 15 is 0 Å². The summed E-state index contributed by atoms with van der Waals surface area (Å²) in [6.45, 7) is 0. The smallest absolute Gasteiger partial charge is 0.307 e. The first kappa shape index (κ1) is 13.1. The summed E-state index contributed by atoms with van der Waals surface area (Å²) >= 11 is 0. The van der Waals surface area contributed by atoms with Gasteiger partial charge < -0.3 is 15.9 Å². The average Bonchev–Trinajstić information content (AvgIpc) is 2.11. The lowest BCUT2D eigenvalue weighted by Crippen LogP contribution is -2.02. The van der Waals surface area contributed by atoms with Crippen LogP contribution in [-0.2, 0) is 11.2 Å². The minimum absolute atomic E-state index is 0. The minimum Gasteiger partial charge on any atom is -0.505 e. The van der Waals surface area contributed by atoms with Crippen molar-refractivity contribution < 1.29 is 15.0 Å². The standard InChI is InChI=1S/C9H8N2O3.ClH/c10-4-5-1-6(3-8(12)13)9(14)7(11)2-5;/h1-2,14H,3,11H2,(H,12,13);1H. The molecule has 0 unspecified atom stereocenters. The van der Waals surface area contributed by atoms with E-state index in [2.05, 4.69) is 0 Å². The van der Waals surface area contributed by atoms with Gasteiger partial charge in [-0.3, -0.25) is 4.79 Å². The van der Waals surface area contributed by atoms with Gasteiger partial charge in [-0.15, -0.1) is 12.4 Å². The number of phenolic OH excluding ortho intramolecular Hbond substituents is 1. The van der Waals surface area contributed by atoms with Crippen LogP contribution in [0, 0.1) is 11.3 Å². The number of carboxylic acids is 1. The van der Waals surface area contributed by atoms with Crippen LogP contribution in [0.5, 0.6) is 5.75 Å². The minimum atomic E-state index is -1.09. The van der Waals surface area contributed by atoms with Crippen molar-refractivity contribution in [2.75, 3.05) is 5.73 Å². The number of aliphatic carboxylic acids is 1. The zero-order valence-electron chi connectivity index (χ0n) is 7.60. The summed E-state index contributed by atoms with van der Waals surface area (Å²) < 4.78 is 0. The number of anilines is 1. The van der Waals surface area contributed by atoms with Gasteiger partial charge in [-0.1, -0.05) is 0 Å². The van der Waals surface area contributed by atoms with E-state index < -0.39 is 5.97 Å². The first-order valence-corrected chi connectivity index (χ1v) is 3.78. The van der Waals surface area contributed by atoms with Crippen molar-refractivity contribution in [2.24, 2.45) is 0 Å². The molecule has 0 aliphatic rings. The molecule has 0 amide bonds. The SMILES string of the molecule is Cl.N#Cc1cc(N)c(O)c(CC(=O)O)c1. The number of carboxylic acid groups (broad SMARTS) is 1. The van der Waals surface area contributed by atoms with Crippen molar-refractivity contribution in [1.29, 1.82) is 5.26 Å². The monoisotopic (exact) mass is 228 g/mol. The number of hydrogen-bond donors (Lipinski definition) is 3. The van der Waals surface area contributed by atoms with Crippen LogP contribution in [-0.4, -0.2) is 16.2 Å². The Bertz CT molecular complexity index is 426. The maximum atomic E-state index is 10.4. The van der Waals surface area contributed by atoms with Crippen LogP contribution >= 0.6 is 12.4 Å². The van der Waals surface area contributed by atoms with E-state index in [-0.39, 0.29) is 41.4 Å². The van der Waals surface area contributed by atoms with Gasteiger partial charge in [0, 0.05) is 5.56 Å². The van der Waals surface area contributed by atoms with Crippen LogP contribution in [0.2, 0.25) is 0 Å². The Morgan fingerprint density at radius 2 is 2.13 bits per heavy atom. The van der Waals surface area contributed by atoms with Crippen molar-refractivity contribution in [3.05, 3.63) is 23.3 Å². The van der Waals surface area contributed by atoms with Crippen LogP contribution in [0.4, 0.5) is 5.69 Å². The highest BCUT2D eigenvalue weighted by molar-refractivity contribution is 5.85. The third-order valence-corrected chi connectivity index (χ3v) is 1.69. The number of hydrogen-bond acceptors (Lipinski definition) is 4. The molecule has 1 aromatic carbocycles. The van der Waals surface area contributed by atoms with Crippen molar-refractivity contribution in [1.82, 2.24) is 0 Å². The summed E-state index contributed by atoms with van der Waals surface area (Å²) in [6.07, 6.45) is -0.356. The molecule has 0 aliphatic heterocycles. The molecule has 5 nitrogen and oxygen atoms in total. The van der Waals surface area contributed by atoms with E-state index in [1.807, 2.05) is 6.07 Å². The van der Waals surface area contributed by atoms with Gasteiger partial charge in [0.2, 0.25) is 0 Å². The fraction of sp³-hybridized carbons (Fsp3) is 0.111. The van der Waals surface area contributed by atoms with Crippen molar-refractivity contribution in [3.8, 4) is 11.8 Å². The number of carbonyl (C=O) groups is 1. The maximum absolute atomic E-state index is 10.4. The van der Waals surface area contributed by atoms with Crippen molar-refractivity contribution in [2.45, 2.75) is 6.42 Å². The molecule has 6 heteroatoms. The number of aromatic hydroxyl groups is 1. The molecule has 0 aliphatic carbocycles. The van der Waals surface area contributed by atoms with Crippen LogP contribution < -0.4 is 5.73 Å². The molecule has 4 N–H and O–H groups in total. The van der Waals surface area contributed by atoms with E-state index in [0.29, 0.717) is 0 Å². The average molecular weight is 229 g/mol. The van der Waals surface area contributed by atoms with Gasteiger partial charge in [-0.05, 0) is 12.1 Å². The summed E-state index contributed by atoms with van der Waals surface area (Å²) in [5.74, 6) is -1.36. The van der Waals surface area contributed by atoms with E-state index in [4.69, 9.17) is 16.1 Å². The largest absolute Gasteiger partial charge is 0.505 e. The molecule has 0 saturated heterocycles. The van der Waals surface area contributed by atoms with Crippen molar-refractivity contribution in [3.63, 3.8) is 0 Å². The van der Waals surface area contributed by atoms with Crippen LogP contribution in [0.15, 0.2) is 12.1 Å². The zero-order chi connectivity index (χ0) is 10.7. The summed E-state index contributed by atoms with van der Waals surface area (Å²) in [7, 11) is 0. The maximum Gasteiger partial charge on any atom is 0.307 e. The van der Waals surface area contributed by atoms with Crippen molar-refractivity contribution >= 4 is 24.1 Å². The highest BCUT2D eigenvalue weighted by Gasteiger charge is 2.10. The quantitative estimate of drug-likeness (QED) is 0.515. The summed E-state index contributed by atoms with van der Waals surface area (Å²) in [4.78, 5) is 10.4. The van der Waals surface area contributed by atoms with Gasteiger partial charge in [-0.2, -0.15) is 5.26 Å². The molecule has 15 heavy (non-hydrogen) atoms. The molecule has 0 heterocycles. The Morgan fingerprint density at radius 1 is 1.53 bits per heavy atom. The van der Waals surface area contributed by atoms with E-state index in [1.54, 1.807) is 0 Å².